The van der Waals surface area contributed by atoms with E-state index < -0.39 is 13.2 Å². The number of anilines is 2. The molecule has 8 heteroatoms. The quantitative estimate of drug-likeness (QED) is 0.329. The molecule has 2 atom stereocenters. The van der Waals surface area contributed by atoms with Crippen molar-refractivity contribution >= 4 is 24.0 Å². The van der Waals surface area contributed by atoms with Crippen LogP contribution in [0.15, 0.2) is 66.7 Å². The van der Waals surface area contributed by atoms with E-state index in [1.165, 1.54) is 0 Å². The van der Waals surface area contributed by atoms with Crippen LogP contribution in [-0.2, 0) is 9.09 Å². The zero-order valence-electron chi connectivity index (χ0n) is 21.4. The summed E-state index contributed by atoms with van der Waals surface area (Å²) in [6, 6.07) is 20.9. The van der Waals surface area contributed by atoms with Gasteiger partial charge in [0.15, 0.2) is 11.5 Å². The Bertz CT molecular complexity index is 1120. The van der Waals surface area contributed by atoms with Gasteiger partial charge in [-0.05, 0) is 67.9 Å². The lowest BCUT2D eigenvalue weighted by Gasteiger charge is -2.32. The lowest BCUT2D eigenvalue weighted by molar-refractivity contribution is 0.245. The van der Waals surface area contributed by atoms with E-state index in [4.69, 9.17) is 18.7 Å². The SMILES string of the molecule is COc1cc([C@H](Nc2ccccc2)[P@@](=O)(OC(C)C)c2ccc(N(C)C)cc2)cc(OC)c1OC. The molecule has 0 aliphatic rings. The summed E-state index contributed by atoms with van der Waals surface area (Å²) in [6.07, 6.45) is -0.281. The van der Waals surface area contributed by atoms with Gasteiger partial charge in [-0.1, -0.05) is 18.2 Å². The predicted molar refractivity (Wildman–Crippen MR) is 143 cm³/mol. The van der Waals surface area contributed by atoms with Gasteiger partial charge in [-0.2, -0.15) is 0 Å². The summed E-state index contributed by atoms with van der Waals surface area (Å²) < 4.78 is 37.9. The Morgan fingerprint density at radius 1 is 0.829 bits per heavy atom. The first-order chi connectivity index (χ1) is 16.7. The van der Waals surface area contributed by atoms with Crippen LogP contribution in [0.1, 0.15) is 25.2 Å². The van der Waals surface area contributed by atoms with Gasteiger partial charge in [0.05, 0.1) is 27.4 Å². The Morgan fingerprint density at radius 3 is 1.86 bits per heavy atom. The summed E-state index contributed by atoms with van der Waals surface area (Å²) in [7, 11) is 5.07. The number of rotatable bonds is 11. The van der Waals surface area contributed by atoms with E-state index in [-0.39, 0.29) is 6.10 Å². The number of benzene rings is 3. The minimum Gasteiger partial charge on any atom is -0.493 e. The first-order valence-corrected chi connectivity index (χ1v) is 13.1. The Morgan fingerprint density at radius 2 is 1.40 bits per heavy atom. The van der Waals surface area contributed by atoms with E-state index >= 15 is 0 Å². The molecule has 3 aromatic carbocycles. The number of para-hydroxylation sites is 1. The zero-order valence-corrected chi connectivity index (χ0v) is 22.3. The van der Waals surface area contributed by atoms with Gasteiger partial charge < -0.3 is 29.0 Å². The van der Waals surface area contributed by atoms with Crippen LogP contribution >= 0.6 is 7.37 Å². The lowest BCUT2D eigenvalue weighted by Crippen LogP contribution is -2.23. The molecule has 0 heterocycles. The second-order valence-electron chi connectivity index (χ2n) is 8.53. The molecule has 0 aromatic heterocycles. The Balaban J connectivity index is 2.25. The van der Waals surface area contributed by atoms with Crippen molar-refractivity contribution in [2.24, 2.45) is 0 Å². The van der Waals surface area contributed by atoms with Crippen LogP contribution in [0.25, 0.3) is 0 Å². The van der Waals surface area contributed by atoms with Crippen LogP contribution in [0.5, 0.6) is 17.2 Å². The summed E-state index contributed by atoms with van der Waals surface area (Å²) in [6.45, 7) is 3.77. The minimum atomic E-state index is -3.54. The average molecular weight is 499 g/mol. The molecule has 0 aliphatic heterocycles. The number of nitrogens with one attached hydrogen (secondary N) is 1. The molecule has 1 N–H and O–H groups in total. The largest absolute Gasteiger partial charge is 0.493 e. The third-order valence-corrected chi connectivity index (χ3v) is 8.37. The molecule has 35 heavy (non-hydrogen) atoms. The van der Waals surface area contributed by atoms with Gasteiger partial charge in [-0.15, -0.1) is 0 Å². The van der Waals surface area contributed by atoms with Crippen molar-refractivity contribution in [3.8, 4) is 17.2 Å². The van der Waals surface area contributed by atoms with Crippen LogP contribution in [-0.4, -0.2) is 41.5 Å². The number of nitrogens with zero attached hydrogens (tertiary/aromatic N) is 1. The highest BCUT2D eigenvalue weighted by Gasteiger charge is 2.40. The third-order valence-electron chi connectivity index (χ3n) is 5.51. The van der Waals surface area contributed by atoms with Crippen molar-refractivity contribution in [2.45, 2.75) is 25.7 Å². The summed E-state index contributed by atoms with van der Waals surface area (Å²) in [5.41, 5.74) is 2.50. The van der Waals surface area contributed by atoms with Crippen LogP contribution in [0, 0.1) is 0 Å². The number of methoxy groups -OCH3 is 3. The summed E-state index contributed by atoms with van der Waals surface area (Å²) in [4.78, 5) is 2.00. The molecular weight excluding hydrogens is 463 g/mol. The van der Waals surface area contributed by atoms with E-state index in [1.807, 2.05) is 99.6 Å². The van der Waals surface area contributed by atoms with Crippen LogP contribution in [0.3, 0.4) is 0 Å². The Hall–Kier alpha value is -3.15. The fourth-order valence-electron chi connectivity index (χ4n) is 3.86. The van der Waals surface area contributed by atoms with Crippen LogP contribution in [0.4, 0.5) is 11.4 Å². The second-order valence-corrected chi connectivity index (χ2v) is 11.0. The molecule has 3 aromatic rings. The predicted octanol–water partition coefficient (Wildman–Crippen LogP) is 5.92. The van der Waals surface area contributed by atoms with E-state index in [9.17, 15) is 4.57 Å². The molecular formula is C27H35N2O5P. The summed E-state index contributed by atoms with van der Waals surface area (Å²) in [5.74, 6) is 0.680. The van der Waals surface area contributed by atoms with E-state index in [0.717, 1.165) is 11.4 Å². The van der Waals surface area contributed by atoms with Gasteiger partial charge in [-0.3, -0.25) is 4.57 Å². The number of ether oxygens (including phenoxy) is 3. The molecule has 0 saturated carbocycles. The maximum absolute atomic E-state index is 15.0. The molecule has 3 rings (SSSR count). The highest BCUT2D eigenvalue weighted by molar-refractivity contribution is 7.67. The fourth-order valence-corrected chi connectivity index (χ4v) is 6.45. The highest BCUT2D eigenvalue weighted by atomic mass is 31.2. The standard InChI is InChI=1S/C27H35N2O5P/c1-19(2)34-35(30,23-15-13-22(14-16-23)29(3)4)27(28-21-11-9-8-10-12-21)20-17-24(31-5)26(33-7)25(18-20)32-6/h8-19,27-28H,1-7H3/t27-,35+/m1/s1. The molecule has 0 fully saturated rings. The van der Waals surface area contributed by atoms with Gasteiger partial charge in [0.2, 0.25) is 5.75 Å². The zero-order chi connectivity index (χ0) is 25.6. The maximum atomic E-state index is 15.0. The van der Waals surface area contributed by atoms with Crippen molar-refractivity contribution in [3.05, 3.63) is 72.3 Å². The monoisotopic (exact) mass is 498 g/mol. The molecule has 7 nitrogen and oxygen atoms in total. The van der Waals surface area contributed by atoms with Crippen molar-refractivity contribution in [2.75, 3.05) is 45.6 Å². The Labute approximate surface area is 208 Å². The Kier molecular flexibility index (Phi) is 8.71. The molecule has 0 radical (unpaired) electrons. The second kappa shape index (κ2) is 11.5. The summed E-state index contributed by atoms with van der Waals surface area (Å²) >= 11 is 0. The maximum Gasteiger partial charge on any atom is 0.258 e. The van der Waals surface area contributed by atoms with Gasteiger partial charge in [-0.25, -0.2) is 0 Å². The van der Waals surface area contributed by atoms with Crippen molar-refractivity contribution in [3.63, 3.8) is 0 Å². The smallest absolute Gasteiger partial charge is 0.258 e. The van der Waals surface area contributed by atoms with E-state index in [2.05, 4.69) is 5.32 Å². The first kappa shape index (κ1) is 26.5. The van der Waals surface area contributed by atoms with E-state index in [0.29, 0.717) is 28.1 Å². The van der Waals surface area contributed by atoms with Gasteiger partial charge >= 0.3 is 0 Å². The lowest BCUT2D eigenvalue weighted by atomic mass is 10.1. The number of hydrogen-bond donors (Lipinski definition) is 1. The van der Waals surface area contributed by atoms with Gasteiger partial charge in [0.1, 0.15) is 5.78 Å². The van der Waals surface area contributed by atoms with Crippen molar-refractivity contribution in [1.29, 1.82) is 0 Å². The minimum absolute atomic E-state index is 0.281. The van der Waals surface area contributed by atoms with Crippen LogP contribution < -0.4 is 29.7 Å². The third kappa shape index (κ3) is 5.92. The molecule has 0 bridgehead atoms. The average Bonchev–Trinajstić information content (AvgIpc) is 2.86. The summed E-state index contributed by atoms with van der Waals surface area (Å²) in [5, 5.41) is 4.08. The van der Waals surface area contributed by atoms with Crippen LogP contribution in [0.2, 0.25) is 0 Å². The highest BCUT2D eigenvalue weighted by Crippen LogP contribution is 2.61. The topological polar surface area (TPSA) is 69.3 Å². The molecule has 0 amide bonds. The van der Waals surface area contributed by atoms with Gasteiger partial charge in [0, 0.05) is 30.8 Å². The van der Waals surface area contributed by atoms with Crippen molar-refractivity contribution < 1.29 is 23.3 Å². The molecule has 0 spiro atoms. The van der Waals surface area contributed by atoms with Crippen molar-refractivity contribution in [1.82, 2.24) is 0 Å². The molecule has 0 saturated heterocycles. The molecule has 0 aliphatic carbocycles. The normalized spacial score (nSPS) is 13.6. The van der Waals surface area contributed by atoms with Gasteiger partial charge in [0.25, 0.3) is 7.37 Å². The number of hydrogen-bond acceptors (Lipinski definition) is 7. The fraction of sp³-hybridized carbons (Fsp3) is 0.333. The molecule has 0 unspecified atom stereocenters. The molecule has 188 valence electrons. The van der Waals surface area contributed by atoms with E-state index in [1.54, 1.807) is 21.3 Å². The first-order valence-electron chi connectivity index (χ1n) is 11.4.